The van der Waals surface area contributed by atoms with Crippen molar-refractivity contribution in [2.24, 2.45) is 11.8 Å². The van der Waals surface area contributed by atoms with E-state index in [9.17, 15) is 9.18 Å². The predicted molar refractivity (Wildman–Crippen MR) is 89.9 cm³/mol. The molecule has 4 heteroatoms. The molecule has 2 unspecified atom stereocenters. The van der Waals surface area contributed by atoms with Gasteiger partial charge < -0.3 is 9.80 Å². The van der Waals surface area contributed by atoms with E-state index in [0.29, 0.717) is 23.2 Å². The van der Waals surface area contributed by atoms with Crippen LogP contribution in [0.2, 0.25) is 0 Å². The molecule has 0 heterocycles. The Hall–Kier alpha value is -1.42. The molecule has 1 aromatic carbocycles. The van der Waals surface area contributed by atoms with Crippen molar-refractivity contribution in [1.29, 1.82) is 0 Å². The average Bonchev–Trinajstić information content (AvgIpc) is 3.07. The number of fused-ring (bicyclic) bond motifs is 1. The lowest BCUT2D eigenvalue weighted by Crippen LogP contribution is -2.37. The maximum atomic E-state index is 13.7. The first-order valence-corrected chi connectivity index (χ1v) is 8.57. The van der Waals surface area contributed by atoms with E-state index >= 15 is 0 Å². The van der Waals surface area contributed by atoms with Crippen LogP contribution in [0.5, 0.6) is 0 Å². The Balaban J connectivity index is 1.67. The van der Waals surface area contributed by atoms with Gasteiger partial charge in [0.25, 0.3) is 5.91 Å². The summed E-state index contributed by atoms with van der Waals surface area (Å²) in [7, 11) is 6.19. The number of rotatable bonds is 3. The van der Waals surface area contributed by atoms with Gasteiger partial charge in [0, 0.05) is 24.7 Å². The van der Waals surface area contributed by atoms with Crippen LogP contribution < -0.4 is 0 Å². The number of halogens is 1. The summed E-state index contributed by atoms with van der Waals surface area (Å²) in [6.07, 6.45) is 4.67. The van der Waals surface area contributed by atoms with Crippen molar-refractivity contribution in [2.45, 2.75) is 44.7 Å². The fourth-order valence-electron chi connectivity index (χ4n) is 4.49. The van der Waals surface area contributed by atoms with Gasteiger partial charge in [-0.15, -0.1) is 0 Å². The molecule has 2 aliphatic rings. The highest BCUT2D eigenvalue weighted by Crippen LogP contribution is 2.46. The van der Waals surface area contributed by atoms with E-state index in [4.69, 9.17) is 0 Å². The van der Waals surface area contributed by atoms with Crippen molar-refractivity contribution in [2.75, 3.05) is 21.1 Å². The van der Waals surface area contributed by atoms with Crippen LogP contribution >= 0.6 is 0 Å². The van der Waals surface area contributed by atoms with E-state index in [2.05, 4.69) is 19.0 Å². The van der Waals surface area contributed by atoms with Crippen LogP contribution in [0, 0.1) is 24.6 Å². The van der Waals surface area contributed by atoms with Gasteiger partial charge in [-0.05, 0) is 76.2 Å². The maximum absolute atomic E-state index is 13.7. The van der Waals surface area contributed by atoms with Crippen LogP contribution in [0.3, 0.4) is 0 Å². The van der Waals surface area contributed by atoms with Crippen LogP contribution in [0.15, 0.2) is 18.2 Å². The van der Waals surface area contributed by atoms with Crippen LogP contribution in [0.1, 0.15) is 41.6 Å². The van der Waals surface area contributed by atoms with E-state index in [1.807, 2.05) is 11.9 Å². The minimum Gasteiger partial charge on any atom is -0.339 e. The first kappa shape index (κ1) is 16.4. The first-order valence-electron chi connectivity index (χ1n) is 8.57. The largest absolute Gasteiger partial charge is 0.339 e. The lowest BCUT2D eigenvalue weighted by atomic mass is 10.0. The molecule has 4 atom stereocenters. The number of carbonyl (C=O) groups is 1. The number of nitrogens with zero attached hydrogens (tertiary/aromatic N) is 2. The normalized spacial score (nSPS) is 29.8. The van der Waals surface area contributed by atoms with Crippen molar-refractivity contribution in [3.05, 3.63) is 35.1 Å². The third kappa shape index (κ3) is 3.01. The van der Waals surface area contributed by atoms with E-state index < -0.39 is 0 Å². The second-order valence-corrected chi connectivity index (χ2v) is 7.56. The van der Waals surface area contributed by atoms with Gasteiger partial charge in [-0.3, -0.25) is 4.79 Å². The second kappa shape index (κ2) is 6.23. The quantitative estimate of drug-likeness (QED) is 0.853. The molecule has 2 aliphatic carbocycles. The minimum atomic E-state index is -0.304. The molecule has 3 rings (SSSR count). The molecule has 3 nitrogen and oxygen atoms in total. The molecule has 0 bridgehead atoms. The Morgan fingerprint density at radius 3 is 2.17 bits per heavy atom. The minimum absolute atomic E-state index is 0.0452. The molecule has 0 aliphatic heterocycles. The zero-order valence-electron chi connectivity index (χ0n) is 14.6. The highest BCUT2D eigenvalue weighted by Gasteiger charge is 2.44. The number of carbonyl (C=O) groups excluding carboxylic acids is 1. The third-order valence-electron chi connectivity index (χ3n) is 6.06. The molecular formula is C19H27FN2O. The van der Waals surface area contributed by atoms with E-state index in [1.165, 1.54) is 18.9 Å². The predicted octanol–water partition coefficient (Wildman–Crippen LogP) is 3.32. The van der Waals surface area contributed by atoms with E-state index in [0.717, 1.165) is 24.7 Å². The number of benzene rings is 1. The smallest absolute Gasteiger partial charge is 0.254 e. The molecule has 0 saturated heterocycles. The van der Waals surface area contributed by atoms with Gasteiger partial charge in [-0.2, -0.15) is 0 Å². The molecule has 1 amide bonds. The van der Waals surface area contributed by atoms with Gasteiger partial charge in [0.1, 0.15) is 5.82 Å². The van der Waals surface area contributed by atoms with Crippen molar-refractivity contribution in [3.63, 3.8) is 0 Å². The van der Waals surface area contributed by atoms with Gasteiger partial charge in [-0.1, -0.05) is 6.07 Å². The Morgan fingerprint density at radius 1 is 1.04 bits per heavy atom. The summed E-state index contributed by atoms with van der Waals surface area (Å²) in [5.41, 5.74) is 0.950. The van der Waals surface area contributed by atoms with Crippen molar-refractivity contribution in [3.8, 4) is 0 Å². The van der Waals surface area contributed by atoms with Crippen LogP contribution in [-0.4, -0.2) is 48.9 Å². The molecule has 126 valence electrons. The fraction of sp³-hybridized carbons (Fsp3) is 0.632. The van der Waals surface area contributed by atoms with Gasteiger partial charge in [0.15, 0.2) is 0 Å². The van der Waals surface area contributed by atoms with Gasteiger partial charge in [-0.25, -0.2) is 4.39 Å². The first-order chi connectivity index (χ1) is 10.9. The van der Waals surface area contributed by atoms with Gasteiger partial charge in [0.05, 0.1) is 0 Å². The molecule has 0 aromatic heterocycles. The van der Waals surface area contributed by atoms with Crippen LogP contribution in [0.4, 0.5) is 4.39 Å². The zero-order valence-corrected chi connectivity index (χ0v) is 14.6. The SMILES string of the molecule is Cc1c(F)cccc1C(=O)N(C)C1C[C@H]2CC(N(C)C)C[C@H]2C1. The lowest BCUT2D eigenvalue weighted by Gasteiger charge is -2.27. The monoisotopic (exact) mass is 318 g/mol. The van der Waals surface area contributed by atoms with Crippen LogP contribution in [-0.2, 0) is 0 Å². The Kier molecular flexibility index (Phi) is 4.45. The summed E-state index contributed by atoms with van der Waals surface area (Å²) in [5.74, 6) is 1.12. The topological polar surface area (TPSA) is 23.6 Å². The summed E-state index contributed by atoms with van der Waals surface area (Å²) < 4.78 is 13.7. The van der Waals surface area contributed by atoms with Crippen LogP contribution in [0.25, 0.3) is 0 Å². The molecular weight excluding hydrogens is 291 g/mol. The summed E-state index contributed by atoms with van der Waals surface area (Å²) in [6.45, 7) is 1.68. The summed E-state index contributed by atoms with van der Waals surface area (Å²) in [4.78, 5) is 16.9. The highest BCUT2D eigenvalue weighted by molar-refractivity contribution is 5.95. The van der Waals surface area contributed by atoms with Crippen molar-refractivity contribution < 1.29 is 9.18 Å². The van der Waals surface area contributed by atoms with E-state index in [1.54, 1.807) is 19.1 Å². The molecule has 23 heavy (non-hydrogen) atoms. The molecule has 0 N–H and O–H groups in total. The third-order valence-corrected chi connectivity index (χ3v) is 6.06. The molecule has 0 spiro atoms. The Morgan fingerprint density at radius 2 is 1.61 bits per heavy atom. The number of hydrogen-bond acceptors (Lipinski definition) is 2. The fourth-order valence-corrected chi connectivity index (χ4v) is 4.49. The summed E-state index contributed by atoms with van der Waals surface area (Å²) >= 11 is 0. The molecule has 2 saturated carbocycles. The van der Waals surface area contributed by atoms with Gasteiger partial charge >= 0.3 is 0 Å². The molecule has 2 fully saturated rings. The summed E-state index contributed by atoms with van der Waals surface area (Å²) in [6, 6.07) is 5.75. The average molecular weight is 318 g/mol. The standard InChI is InChI=1S/C19H27FN2O/c1-12-17(6-5-7-18(12)20)19(23)22(4)16-10-13-8-15(21(2)3)9-14(13)11-16/h5-7,13-16H,8-11H2,1-4H3/t13-,14+,15?,16?. The highest BCUT2D eigenvalue weighted by atomic mass is 19.1. The number of amides is 1. The Bertz CT molecular complexity index is 587. The second-order valence-electron chi connectivity index (χ2n) is 7.56. The number of hydrogen-bond donors (Lipinski definition) is 0. The maximum Gasteiger partial charge on any atom is 0.254 e. The van der Waals surface area contributed by atoms with E-state index in [-0.39, 0.29) is 11.7 Å². The Labute approximate surface area is 138 Å². The van der Waals surface area contributed by atoms with Crippen molar-refractivity contribution in [1.82, 2.24) is 9.80 Å². The van der Waals surface area contributed by atoms with Crippen molar-refractivity contribution >= 4 is 5.91 Å². The van der Waals surface area contributed by atoms with Gasteiger partial charge in [0.2, 0.25) is 0 Å². The lowest BCUT2D eigenvalue weighted by molar-refractivity contribution is 0.0725. The summed E-state index contributed by atoms with van der Waals surface area (Å²) in [5, 5.41) is 0. The molecule has 1 aromatic rings. The molecule has 0 radical (unpaired) electrons. The zero-order chi connectivity index (χ0) is 16.7.